The zero-order valence-electron chi connectivity index (χ0n) is 16.6. The second kappa shape index (κ2) is 10.1. The fraction of sp³-hybridized carbons (Fsp3) is 0.217. The number of methoxy groups -OCH3 is 2. The molecule has 0 bridgehead atoms. The third-order valence-electron chi connectivity index (χ3n) is 4.48. The molecular weight excluding hydrogens is 366 g/mol. The van der Waals surface area contributed by atoms with Gasteiger partial charge in [0.25, 0.3) is 5.91 Å². The van der Waals surface area contributed by atoms with Crippen LogP contribution in [0.1, 0.15) is 21.6 Å². The number of amides is 1. The molecule has 1 amide bonds. The van der Waals surface area contributed by atoms with Crippen molar-refractivity contribution in [1.82, 2.24) is 10.3 Å². The molecule has 0 radical (unpaired) electrons. The standard InChI is InChI=1S/C23H25N3O3/c1-28-21-9-8-18(14-22(21)29-2)16-26-19-11-13-24-20(15-19)23(27)25-12-10-17-6-4-3-5-7-17/h3-9,11,13-15H,10,12,16H2,1-2H3,(H,24,26)(H,25,27). The number of hydrogen-bond donors (Lipinski definition) is 2. The molecule has 1 aromatic heterocycles. The van der Waals surface area contributed by atoms with E-state index < -0.39 is 0 Å². The van der Waals surface area contributed by atoms with Gasteiger partial charge >= 0.3 is 0 Å². The monoisotopic (exact) mass is 391 g/mol. The first kappa shape index (κ1) is 20.2. The van der Waals surface area contributed by atoms with Crippen molar-refractivity contribution in [1.29, 1.82) is 0 Å². The van der Waals surface area contributed by atoms with Crippen molar-refractivity contribution in [2.45, 2.75) is 13.0 Å². The van der Waals surface area contributed by atoms with Gasteiger partial charge in [0.15, 0.2) is 11.5 Å². The number of pyridine rings is 1. The third-order valence-corrected chi connectivity index (χ3v) is 4.48. The van der Waals surface area contributed by atoms with Gasteiger partial charge < -0.3 is 20.1 Å². The molecule has 0 saturated carbocycles. The summed E-state index contributed by atoms with van der Waals surface area (Å²) in [6, 6.07) is 19.4. The Balaban J connectivity index is 1.55. The topological polar surface area (TPSA) is 72.5 Å². The van der Waals surface area contributed by atoms with E-state index in [1.54, 1.807) is 26.5 Å². The number of aromatic nitrogens is 1. The lowest BCUT2D eigenvalue weighted by atomic mass is 10.1. The van der Waals surface area contributed by atoms with Gasteiger partial charge in [0.1, 0.15) is 5.69 Å². The molecule has 6 heteroatoms. The summed E-state index contributed by atoms with van der Waals surface area (Å²) >= 11 is 0. The summed E-state index contributed by atoms with van der Waals surface area (Å²) in [4.78, 5) is 16.6. The number of rotatable bonds is 9. The van der Waals surface area contributed by atoms with Gasteiger partial charge in [-0.3, -0.25) is 9.78 Å². The SMILES string of the molecule is COc1ccc(CNc2ccnc(C(=O)NCCc3ccccc3)c2)cc1OC. The van der Waals surface area contributed by atoms with Crippen LogP contribution in [0.4, 0.5) is 5.69 Å². The van der Waals surface area contributed by atoms with Crippen molar-refractivity contribution in [3.05, 3.63) is 83.7 Å². The van der Waals surface area contributed by atoms with Crippen molar-refractivity contribution < 1.29 is 14.3 Å². The molecule has 1 heterocycles. The van der Waals surface area contributed by atoms with Crippen LogP contribution in [0, 0.1) is 0 Å². The Morgan fingerprint density at radius 3 is 2.48 bits per heavy atom. The van der Waals surface area contributed by atoms with Gasteiger partial charge in [0.2, 0.25) is 0 Å². The van der Waals surface area contributed by atoms with Crippen molar-refractivity contribution in [2.24, 2.45) is 0 Å². The zero-order chi connectivity index (χ0) is 20.5. The second-order valence-electron chi connectivity index (χ2n) is 6.46. The molecule has 2 aromatic carbocycles. The van der Waals surface area contributed by atoms with Crippen LogP contribution in [0.3, 0.4) is 0 Å². The number of ether oxygens (including phenoxy) is 2. The van der Waals surface area contributed by atoms with Crippen LogP contribution in [-0.4, -0.2) is 31.7 Å². The Hall–Kier alpha value is -3.54. The number of carbonyl (C=O) groups is 1. The number of anilines is 1. The maximum absolute atomic E-state index is 12.4. The highest BCUT2D eigenvalue weighted by Crippen LogP contribution is 2.27. The van der Waals surface area contributed by atoms with Crippen LogP contribution in [0.15, 0.2) is 66.9 Å². The summed E-state index contributed by atoms with van der Waals surface area (Å²) in [6.07, 6.45) is 2.41. The van der Waals surface area contributed by atoms with Gasteiger partial charge in [0.05, 0.1) is 14.2 Å². The Labute approximate surface area is 170 Å². The van der Waals surface area contributed by atoms with Gasteiger partial charge in [-0.1, -0.05) is 36.4 Å². The molecule has 6 nitrogen and oxygen atoms in total. The Morgan fingerprint density at radius 2 is 1.72 bits per heavy atom. The lowest BCUT2D eigenvalue weighted by Gasteiger charge is -2.11. The average Bonchev–Trinajstić information content (AvgIpc) is 2.78. The predicted molar refractivity (Wildman–Crippen MR) is 114 cm³/mol. The fourth-order valence-corrected chi connectivity index (χ4v) is 2.91. The van der Waals surface area contributed by atoms with Crippen LogP contribution in [0.2, 0.25) is 0 Å². The predicted octanol–water partition coefficient (Wildman–Crippen LogP) is 3.68. The maximum Gasteiger partial charge on any atom is 0.269 e. The van der Waals surface area contributed by atoms with Gasteiger partial charge in [-0.15, -0.1) is 0 Å². The highest BCUT2D eigenvalue weighted by molar-refractivity contribution is 5.93. The Kier molecular flexibility index (Phi) is 7.05. The van der Waals surface area contributed by atoms with Gasteiger partial charge in [-0.2, -0.15) is 0 Å². The summed E-state index contributed by atoms with van der Waals surface area (Å²) < 4.78 is 10.6. The molecule has 0 atom stereocenters. The molecule has 150 valence electrons. The molecule has 2 N–H and O–H groups in total. The van der Waals surface area contributed by atoms with E-state index in [2.05, 4.69) is 15.6 Å². The average molecular weight is 391 g/mol. The van der Waals surface area contributed by atoms with Crippen molar-refractivity contribution in [3.63, 3.8) is 0 Å². The minimum atomic E-state index is -0.185. The number of carbonyl (C=O) groups excluding carboxylic acids is 1. The summed E-state index contributed by atoms with van der Waals surface area (Å²) in [6.45, 7) is 1.15. The fourth-order valence-electron chi connectivity index (χ4n) is 2.91. The quantitative estimate of drug-likeness (QED) is 0.582. The number of benzene rings is 2. The van der Waals surface area contributed by atoms with E-state index in [0.29, 0.717) is 30.3 Å². The summed E-state index contributed by atoms with van der Waals surface area (Å²) in [5.41, 5.74) is 3.43. The molecule has 0 saturated heterocycles. The number of nitrogens with zero attached hydrogens (tertiary/aromatic N) is 1. The summed E-state index contributed by atoms with van der Waals surface area (Å²) in [5.74, 6) is 1.19. The first-order chi connectivity index (χ1) is 14.2. The Bertz CT molecular complexity index is 945. The van der Waals surface area contributed by atoms with Crippen LogP contribution >= 0.6 is 0 Å². The highest BCUT2D eigenvalue weighted by atomic mass is 16.5. The van der Waals surface area contributed by atoms with Crippen molar-refractivity contribution in [2.75, 3.05) is 26.1 Å². The smallest absolute Gasteiger partial charge is 0.269 e. The largest absolute Gasteiger partial charge is 0.493 e. The molecule has 0 spiro atoms. The van der Waals surface area contributed by atoms with E-state index in [-0.39, 0.29) is 5.91 Å². The minimum Gasteiger partial charge on any atom is -0.493 e. The first-order valence-electron chi connectivity index (χ1n) is 9.42. The van der Waals surface area contributed by atoms with Crippen LogP contribution in [0.25, 0.3) is 0 Å². The molecule has 0 fully saturated rings. The summed E-state index contributed by atoms with van der Waals surface area (Å²) in [7, 11) is 3.22. The van der Waals surface area contributed by atoms with Crippen molar-refractivity contribution in [3.8, 4) is 11.5 Å². The van der Waals surface area contributed by atoms with E-state index in [1.807, 2.05) is 54.6 Å². The number of nitrogens with one attached hydrogen (secondary N) is 2. The van der Waals surface area contributed by atoms with Gasteiger partial charge in [0, 0.05) is 25.0 Å². The highest BCUT2D eigenvalue weighted by Gasteiger charge is 2.08. The van der Waals surface area contributed by atoms with E-state index in [4.69, 9.17) is 9.47 Å². The maximum atomic E-state index is 12.4. The Morgan fingerprint density at radius 1 is 0.931 bits per heavy atom. The molecule has 3 rings (SSSR count). The minimum absolute atomic E-state index is 0.185. The van der Waals surface area contributed by atoms with E-state index in [0.717, 1.165) is 17.7 Å². The normalized spacial score (nSPS) is 10.3. The van der Waals surface area contributed by atoms with Crippen molar-refractivity contribution >= 4 is 11.6 Å². The molecular formula is C23H25N3O3. The van der Waals surface area contributed by atoms with E-state index in [1.165, 1.54) is 5.56 Å². The molecule has 0 unspecified atom stereocenters. The molecule has 0 aliphatic heterocycles. The first-order valence-corrected chi connectivity index (χ1v) is 9.42. The van der Waals surface area contributed by atoms with Gasteiger partial charge in [-0.25, -0.2) is 0 Å². The van der Waals surface area contributed by atoms with E-state index >= 15 is 0 Å². The van der Waals surface area contributed by atoms with Crippen LogP contribution < -0.4 is 20.1 Å². The molecule has 0 aliphatic rings. The zero-order valence-corrected chi connectivity index (χ0v) is 16.6. The lowest BCUT2D eigenvalue weighted by molar-refractivity contribution is 0.0949. The lowest BCUT2D eigenvalue weighted by Crippen LogP contribution is -2.26. The molecule has 0 aliphatic carbocycles. The van der Waals surface area contributed by atoms with Crippen LogP contribution in [-0.2, 0) is 13.0 Å². The summed E-state index contributed by atoms with van der Waals surface area (Å²) in [5, 5.41) is 6.23. The third kappa shape index (κ3) is 5.72. The second-order valence-corrected chi connectivity index (χ2v) is 6.46. The van der Waals surface area contributed by atoms with Gasteiger partial charge in [-0.05, 0) is 41.8 Å². The van der Waals surface area contributed by atoms with Crippen LogP contribution in [0.5, 0.6) is 11.5 Å². The van der Waals surface area contributed by atoms with E-state index in [9.17, 15) is 4.79 Å². The molecule has 3 aromatic rings. The number of hydrogen-bond acceptors (Lipinski definition) is 5. The molecule has 29 heavy (non-hydrogen) atoms.